The normalized spacial score (nSPS) is 10.4. The Labute approximate surface area is 104 Å². The van der Waals surface area contributed by atoms with Crippen LogP contribution in [0.15, 0.2) is 10.9 Å². The van der Waals surface area contributed by atoms with Crippen molar-refractivity contribution in [1.29, 1.82) is 0 Å². The standard InChI is InChI=1S/C11H14N6O/c1-6-4-10(18)15-9(13-6)5-12-11-14-7(2)8(3)16-17-11/h4H,5H2,1-3H3,(H,12,14,17)(H,13,15,18). The summed E-state index contributed by atoms with van der Waals surface area (Å²) in [5.41, 5.74) is 2.12. The Morgan fingerprint density at radius 3 is 2.61 bits per heavy atom. The van der Waals surface area contributed by atoms with Gasteiger partial charge >= 0.3 is 0 Å². The topological polar surface area (TPSA) is 96.5 Å². The molecule has 2 N–H and O–H groups in total. The molecule has 0 saturated heterocycles. The highest BCUT2D eigenvalue weighted by molar-refractivity contribution is 5.25. The van der Waals surface area contributed by atoms with Gasteiger partial charge in [0.1, 0.15) is 5.82 Å². The van der Waals surface area contributed by atoms with Gasteiger partial charge in [-0.2, -0.15) is 5.10 Å². The van der Waals surface area contributed by atoms with Crippen LogP contribution in [0.1, 0.15) is 22.9 Å². The van der Waals surface area contributed by atoms with Crippen LogP contribution in [0, 0.1) is 20.8 Å². The molecule has 0 atom stereocenters. The number of anilines is 1. The van der Waals surface area contributed by atoms with E-state index >= 15 is 0 Å². The van der Waals surface area contributed by atoms with Gasteiger partial charge in [-0.15, -0.1) is 5.10 Å². The molecule has 0 fully saturated rings. The third kappa shape index (κ3) is 2.88. The summed E-state index contributed by atoms with van der Waals surface area (Å²) in [7, 11) is 0. The van der Waals surface area contributed by atoms with Gasteiger partial charge in [-0.3, -0.25) is 4.79 Å². The molecular formula is C11H14N6O. The Balaban J connectivity index is 2.11. The van der Waals surface area contributed by atoms with E-state index in [4.69, 9.17) is 0 Å². The molecule has 2 rings (SSSR count). The number of nitrogens with zero attached hydrogens (tertiary/aromatic N) is 4. The number of aryl methyl sites for hydroxylation is 3. The van der Waals surface area contributed by atoms with Crippen molar-refractivity contribution in [3.05, 3.63) is 39.3 Å². The van der Waals surface area contributed by atoms with Crippen LogP contribution < -0.4 is 10.9 Å². The van der Waals surface area contributed by atoms with Gasteiger partial charge in [0.05, 0.1) is 17.9 Å². The van der Waals surface area contributed by atoms with Gasteiger partial charge in [0.25, 0.3) is 5.56 Å². The SMILES string of the molecule is Cc1cc(=O)[nH]c(CNc2nnc(C)c(C)n2)n1. The monoisotopic (exact) mass is 246 g/mol. The van der Waals surface area contributed by atoms with Crippen molar-refractivity contribution in [1.82, 2.24) is 25.1 Å². The molecule has 2 aromatic heterocycles. The van der Waals surface area contributed by atoms with Crippen molar-refractivity contribution in [2.75, 3.05) is 5.32 Å². The molecule has 7 heteroatoms. The molecule has 0 spiro atoms. The molecular weight excluding hydrogens is 232 g/mol. The van der Waals surface area contributed by atoms with E-state index in [0.29, 0.717) is 24.0 Å². The number of aromatic nitrogens is 5. The van der Waals surface area contributed by atoms with Gasteiger partial charge in [-0.1, -0.05) is 0 Å². The van der Waals surface area contributed by atoms with Crippen LogP contribution in [0.2, 0.25) is 0 Å². The molecule has 2 heterocycles. The van der Waals surface area contributed by atoms with Crippen LogP contribution in [0.3, 0.4) is 0 Å². The maximum absolute atomic E-state index is 11.3. The molecule has 0 radical (unpaired) electrons. The van der Waals surface area contributed by atoms with Crippen molar-refractivity contribution in [2.24, 2.45) is 0 Å². The van der Waals surface area contributed by atoms with E-state index in [1.807, 2.05) is 13.8 Å². The summed E-state index contributed by atoms with van der Waals surface area (Å²) in [4.78, 5) is 22.3. The predicted molar refractivity (Wildman–Crippen MR) is 66.2 cm³/mol. The lowest BCUT2D eigenvalue weighted by Gasteiger charge is -2.05. The first kappa shape index (κ1) is 12.2. The summed E-state index contributed by atoms with van der Waals surface area (Å²) in [5, 5.41) is 10.8. The average molecular weight is 246 g/mol. The van der Waals surface area contributed by atoms with Gasteiger partial charge < -0.3 is 10.3 Å². The van der Waals surface area contributed by atoms with Gasteiger partial charge in [0.2, 0.25) is 5.95 Å². The van der Waals surface area contributed by atoms with Gasteiger partial charge in [-0.25, -0.2) is 9.97 Å². The molecule has 0 aliphatic carbocycles. The van der Waals surface area contributed by atoms with E-state index in [1.165, 1.54) is 6.07 Å². The lowest BCUT2D eigenvalue weighted by molar-refractivity contribution is 0.854. The van der Waals surface area contributed by atoms with Gasteiger partial charge in [0, 0.05) is 11.8 Å². The molecule has 7 nitrogen and oxygen atoms in total. The Kier molecular flexibility index (Phi) is 3.31. The summed E-state index contributed by atoms with van der Waals surface area (Å²) in [6.45, 7) is 5.83. The molecule has 0 amide bonds. The largest absolute Gasteiger partial charge is 0.346 e. The third-order valence-corrected chi connectivity index (χ3v) is 2.42. The molecule has 0 aromatic carbocycles. The maximum atomic E-state index is 11.3. The molecule has 0 saturated carbocycles. The van der Waals surface area contributed by atoms with E-state index in [0.717, 1.165) is 11.4 Å². The first-order chi connectivity index (χ1) is 8.54. The number of aromatic amines is 1. The third-order valence-electron chi connectivity index (χ3n) is 2.42. The smallest absolute Gasteiger partial charge is 0.251 e. The summed E-state index contributed by atoms with van der Waals surface area (Å²) in [6, 6.07) is 1.44. The molecule has 0 unspecified atom stereocenters. The number of H-pyrrole nitrogens is 1. The Morgan fingerprint density at radius 2 is 1.94 bits per heavy atom. The zero-order valence-corrected chi connectivity index (χ0v) is 10.5. The molecule has 0 bridgehead atoms. The van der Waals surface area contributed by atoms with Crippen molar-refractivity contribution in [3.8, 4) is 0 Å². The second kappa shape index (κ2) is 4.91. The highest BCUT2D eigenvalue weighted by Gasteiger charge is 2.02. The molecule has 2 aromatic rings. The Hall–Kier alpha value is -2.31. The van der Waals surface area contributed by atoms with E-state index in [-0.39, 0.29) is 5.56 Å². The van der Waals surface area contributed by atoms with Crippen molar-refractivity contribution in [3.63, 3.8) is 0 Å². The van der Waals surface area contributed by atoms with Crippen LogP contribution >= 0.6 is 0 Å². The second-order valence-corrected chi connectivity index (χ2v) is 3.99. The zero-order chi connectivity index (χ0) is 13.1. The fraction of sp³-hybridized carbons (Fsp3) is 0.364. The lowest BCUT2D eigenvalue weighted by Crippen LogP contribution is -2.15. The summed E-state index contributed by atoms with van der Waals surface area (Å²) >= 11 is 0. The zero-order valence-electron chi connectivity index (χ0n) is 10.5. The van der Waals surface area contributed by atoms with Crippen molar-refractivity contribution in [2.45, 2.75) is 27.3 Å². The van der Waals surface area contributed by atoms with Crippen LogP contribution in [-0.4, -0.2) is 25.1 Å². The number of nitrogens with one attached hydrogen (secondary N) is 2. The highest BCUT2D eigenvalue weighted by Crippen LogP contribution is 2.02. The molecule has 18 heavy (non-hydrogen) atoms. The van der Waals surface area contributed by atoms with E-state index in [1.54, 1.807) is 6.92 Å². The summed E-state index contributed by atoms with van der Waals surface area (Å²) in [6.07, 6.45) is 0. The minimum atomic E-state index is -0.168. The first-order valence-corrected chi connectivity index (χ1v) is 5.53. The van der Waals surface area contributed by atoms with E-state index < -0.39 is 0 Å². The molecule has 0 aliphatic heterocycles. The number of hydrogen-bond acceptors (Lipinski definition) is 6. The Morgan fingerprint density at radius 1 is 1.17 bits per heavy atom. The predicted octanol–water partition coefficient (Wildman–Crippen LogP) is 0.492. The van der Waals surface area contributed by atoms with E-state index in [9.17, 15) is 4.79 Å². The van der Waals surface area contributed by atoms with Crippen LogP contribution in [0.5, 0.6) is 0 Å². The fourth-order valence-electron chi connectivity index (χ4n) is 1.42. The molecule has 0 aliphatic rings. The number of hydrogen-bond donors (Lipinski definition) is 2. The van der Waals surface area contributed by atoms with Crippen molar-refractivity contribution >= 4 is 5.95 Å². The lowest BCUT2D eigenvalue weighted by atomic mass is 10.4. The van der Waals surface area contributed by atoms with Crippen molar-refractivity contribution < 1.29 is 0 Å². The quantitative estimate of drug-likeness (QED) is 0.818. The van der Waals surface area contributed by atoms with Gasteiger partial charge in [-0.05, 0) is 20.8 Å². The summed E-state index contributed by atoms with van der Waals surface area (Å²) in [5.74, 6) is 0.962. The second-order valence-electron chi connectivity index (χ2n) is 3.99. The van der Waals surface area contributed by atoms with Crippen LogP contribution in [0.25, 0.3) is 0 Å². The van der Waals surface area contributed by atoms with Gasteiger partial charge in [0.15, 0.2) is 0 Å². The van der Waals surface area contributed by atoms with E-state index in [2.05, 4.69) is 30.5 Å². The number of rotatable bonds is 3. The maximum Gasteiger partial charge on any atom is 0.251 e. The van der Waals surface area contributed by atoms with Crippen LogP contribution in [0.4, 0.5) is 5.95 Å². The average Bonchev–Trinajstić information content (AvgIpc) is 2.29. The minimum Gasteiger partial charge on any atom is -0.346 e. The fourth-order valence-corrected chi connectivity index (χ4v) is 1.42. The highest BCUT2D eigenvalue weighted by atomic mass is 16.1. The minimum absolute atomic E-state index is 0.168. The summed E-state index contributed by atoms with van der Waals surface area (Å²) < 4.78 is 0. The Bertz CT molecular complexity index is 621. The molecule has 94 valence electrons. The first-order valence-electron chi connectivity index (χ1n) is 5.53. The van der Waals surface area contributed by atoms with Crippen LogP contribution in [-0.2, 0) is 6.54 Å².